The number of halogens is 1. The molecule has 0 radical (unpaired) electrons. The van der Waals surface area contributed by atoms with Crippen molar-refractivity contribution in [3.8, 4) is 0 Å². The van der Waals surface area contributed by atoms with Gasteiger partial charge in [0.05, 0.1) is 16.4 Å². The van der Waals surface area contributed by atoms with Crippen LogP contribution in [0.5, 0.6) is 0 Å². The average Bonchev–Trinajstić information content (AvgIpc) is 3.13. The summed E-state index contributed by atoms with van der Waals surface area (Å²) in [4.78, 5) is 28.9. The van der Waals surface area contributed by atoms with Crippen molar-refractivity contribution >= 4 is 34.9 Å². The minimum absolute atomic E-state index is 0.163. The molecule has 1 aliphatic heterocycles. The fourth-order valence-corrected chi connectivity index (χ4v) is 3.52. The number of carbonyl (C=O) groups excluding carboxylic acids is 2. The zero-order valence-electron chi connectivity index (χ0n) is 13.6. The van der Waals surface area contributed by atoms with Crippen LogP contribution in [0.4, 0.5) is 5.82 Å². The summed E-state index contributed by atoms with van der Waals surface area (Å²) in [6.07, 6.45) is 1.95. The van der Waals surface area contributed by atoms with Crippen LogP contribution in [0.15, 0.2) is 18.3 Å². The predicted molar refractivity (Wildman–Crippen MR) is 92.0 cm³/mol. The molecule has 25 heavy (non-hydrogen) atoms. The monoisotopic (exact) mass is 358 g/mol. The van der Waals surface area contributed by atoms with E-state index in [9.17, 15) is 9.59 Å². The largest absolute Gasteiger partial charge is 0.354 e. The first-order valence-electron chi connectivity index (χ1n) is 7.74. The Morgan fingerprint density at radius 3 is 3.00 bits per heavy atom. The topological polar surface area (TPSA) is 104 Å². The van der Waals surface area contributed by atoms with E-state index in [1.165, 1.54) is 0 Å². The third-order valence-corrected chi connectivity index (χ3v) is 4.61. The number of hydrogen-bond acceptors (Lipinski definition) is 4. The van der Waals surface area contributed by atoms with Crippen molar-refractivity contribution in [2.45, 2.75) is 19.3 Å². The van der Waals surface area contributed by atoms with Gasteiger partial charge >= 0.3 is 0 Å². The van der Waals surface area contributed by atoms with Crippen molar-refractivity contribution in [1.29, 1.82) is 0 Å². The molecule has 0 fully saturated rings. The van der Waals surface area contributed by atoms with Crippen molar-refractivity contribution < 1.29 is 9.59 Å². The van der Waals surface area contributed by atoms with Gasteiger partial charge in [0.25, 0.3) is 5.91 Å². The predicted octanol–water partition coefficient (Wildman–Crippen LogP) is 1.85. The van der Waals surface area contributed by atoms with E-state index < -0.39 is 0 Å². The normalized spacial score (nSPS) is 16.6. The second-order valence-corrected chi connectivity index (χ2v) is 6.34. The van der Waals surface area contributed by atoms with Crippen LogP contribution in [0.1, 0.15) is 39.8 Å². The second-order valence-electron chi connectivity index (χ2n) is 5.90. The van der Waals surface area contributed by atoms with Gasteiger partial charge in [-0.2, -0.15) is 5.10 Å². The zero-order chi connectivity index (χ0) is 17.7. The summed E-state index contributed by atoms with van der Waals surface area (Å²) in [6.45, 7) is 1.88. The van der Waals surface area contributed by atoms with E-state index >= 15 is 0 Å². The number of carbonyl (C=O) groups is 2. The molecule has 0 saturated carbocycles. The Balaban J connectivity index is 1.97. The lowest BCUT2D eigenvalue weighted by Crippen LogP contribution is -2.27. The Labute approximate surface area is 147 Å². The van der Waals surface area contributed by atoms with Gasteiger partial charge in [0, 0.05) is 31.1 Å². The van der Waals surface area contributed by atoms with Crippen LogP contribution in [-0.2, 0) is 4.79 Å². The molecule has 128 valence electrons. The number of aryl methyl sites for hydroxylation is 1. The lowest BCUT2D eigenvalue weighted by atomic mass is 9.88. The van der Waals surface area contributed by atoms with Crippen LogP contribution in [-0.4, -0.2) is 38.4 Å². The van der Waals surface area contributed by atoms with Crippen molar-refractivity contribution in [1.82, 2.24) is 24.9 Å². The molecule has 4 rings (SSSR count). The van der Waals surface area contributed by atoms with Crippen LogP contribution in [0, 0.1) is 6.92 Å². The molecule has 3 N–H and O–H groups in total. The number of pyridine rings is 1. The number of anilines is 1. The number of H-pyrrole nitrogens is 1. The SMILES string of the molecule is CNC(=O)c1[nH]nc2c1[C@@H](c1c(C)nc3ccc(Cl)cn13)CC(=O)N2. The van der Waals surface area contributed by atoms with Crippen LogP contribution in [0.2, 0.25) is 5.02 Å². The minimum atomic E-state index is -0.358. The van der Waals surface area contributed by atoms with Gasteiger partial charge in [0.15, 0.2) is 5.82 Å². The van der Waals surface area contributed by atoms with E-state index in [4.69, 9.17) is 11.6 Å². The molecule has 3 aromatic heterocycles. The summed E-state index contributed by atoms with van der Waals surface area (Å²) in [7, 11) is 1.55. The van der Waals surface area contributed by atoms with E-state index in [0.717, 1.165) is 17.0 Å². The molecule has 0 bridgehead atoms. The number of rotatable bonds is 2. The Morgan fingerprint density at radius 1 is 1.44 bits per heavy atom. The highest BCUT2D eigenvalue weighted by Crippen LogP contribution is 2.39. The Bertz CT molecular complexity index is 1020. The maximum atomic E-state index is 12.2. The molecule has 8 nitrogen and oxygen atoms in total. The summed E-state index contributed by atoms with van der Waals surface area (Å²) in [5.74, 6) is -0.442. The van der Waals surface area contributed by atoms with Gasteiger partial charge in [-0.15, -0.1) is 0 Å². The molecular weight excluding hydrogens is 344 g/mol. The van der Waals surface area contributed by atoms with Crippen molar-refractivity contribution in [2.24, 2.45) is 0 Å². The maximum absolute atomic E-state index is 12.2. The van der Waals surface area contributed by atoms with Gasteiger partial charge in [-0.25, -0.2) is 4.98 Å². The lowest BCUT2D eigenvalue weighted by molar-refractivity contribution is -0.116. The van der Waals surface area contributed by atoms with Gasteiger partial charge < -0.3 is 15.0 Å². The maximum Gasteiger partial charge on any atom is 0.269 e. The molecule has 9 heteroatoms. The number of amides is 2. The van der Waals surface area contributed by atoms with Crippen molar-refractivity contribution in [2.75, 3.05) is 12.4 Å². The summed E-state index contributed by atoms with van der Waals surface area (Å²) in [5.41, 5.74) is 3.31. The fourth-order valence-electron chi connectivity index (χ4n) is 3.36. The molecule has 4 heterocycles. The van der Waals surface area contributed by atoms with Gasteiger partial charge in [-0.3, -0.25) is 14.7 Å². The molecule has 0 unspecified atom stereocenters. The quantitative estimate of drug-likeness (QED) is 0.650. The Kier molecular flexibility index (Phi) is 3.50. The first-order valence-corrected chi connectivity index (χ1v) is 8.11. The summed E-state index contributed by atoms with van der Waals surface area (Å²) >= 11 is 6.14. The highest BCUT2D eigenvalue weighted by molar-refractivity contribution is 6.30. The fraction of sp³-hybridized carbons (Fsp3) is 0.250. The number of fused-ring (bicyclic) bond motifs is 2. The number of aromatic amines is 1. The molecule has 0 aromatic carbocycles. The number of nitrogens with zero attached hydrogens (tertiary/aromatic N) is 3. The highest BCUT2D eigenvalue weighted by Gasteiger charge is 2.36. The van der Waals surface area contributed by atoms with E-state index in [2.05, 4.69) is 25.8 Å². The standard InChI is InChI=1S/C16H15ClN6O2/c1-7-14(23-6-8(17)3-4-10(23)19-7)9-5-11(24)20-15-12(9)13(21-22-15)16(25)18-2/h3-4,6,9H,5H2,1-2H3,(H,18,25)(H2,20,21,22,24)/t9-/m0/s1. The van der Waals surface area contributed by atoms with Gasteiger partial charge in [-0.05, 0) is 19.1 Å². The van der Waals surface area contributed by atoms with Crippen LogP contribution in [0.25, 0.3) is 5.65 Å². The van der Waals surface area contributed by atoms with Crippen LogP contribution in [0.3, 0.4) is 0 Å². The Hall–Kier alpha value is -2.87. The number of imidazole rings is 1. The van der Waals surface area contributed by atoms with Crippen molar-refractivity contribution in [3.05, 3.63) is 46.0 Å². The van der Waals surface area contributed by atoms with E-state index in [1.54, 1.807) is 19.3 Å². The summed E-state index contributed by atoms with van der Waals surface area (Å²) in [5, 5.41) is 12.7. The van der Waals surface area contributed by atoms with E-state index in [-0.39, 0.29) is 24.2 Å². The van der Waals surface area contributed by atoms with Crippen molar-refractivity contribution in [3.63, 3.8) is 0 Å². The molecule has 0 spiro atoms. The molecule has 0 saturated heterocycles. The first-order chi connectivity index (χ1) is 12.0. The number of aromatic nitrogens is 4. The van der Waals surface area contributed by atoms with Crippen LogP contribution < -0.4 is 10.6 Å². The molecule has 3 aromatic rings. The van der Waals surface area contributed by atoms with E-state index in [0.29, 0.717) is 22.1 Å². The molecule has 0 aliphatic carbocycles. The minimum Gasteiger partial charge on any atom is -0.354 e. The highest BCUT2D eigenvalue weighted by atomic mass is 35.5. The lowest BCUT2D eigenvalue weighted by Gasteiger charge is -2.23. The Morgan fingerprint density at radius 2 is 2.24 bits per heavy atom. The van der Waals surface area contributed by atoms with Gasteiger partial charge in [0.2, 0.25) is 5.91 Å². The molecule has 1 aliphatic rings. The molecule has 2 amide bonds. The molecule has 1 atom stereocenters. The third kappa shape index (κ3) is 2.37. The number of hydrogen-bond donors (Lipinski definition) is 3. The van der Waals surface area contributed by atoms with Gasteiger partial charge in [-0.1, -0.05) is 11.6 Å². The number of nitrogens with one attached hydrogen (secondary N) is 3. The smallest absolute Gasteiger partial charge is 0.269 e. The second kappa shape index (κ2) is 5.59. The summed E-state index contributed by atoms with van der Waals surface area (Å²) in [6, 6.07) is 3.58. The zero-order valence-corrected chi connectivity index (χ0v) is 14.3. The average molecular weight is 359 g/mol. The third-order valence-electron chi connectivity index (χ3n) is 4.39. The summed E-state index contributed by atoms with van der Waals surface area (Å²) < 4.78 is 1.87. The van der Waals surface area contributed by atoms with Crippen LogP contribution >= 0.6 is 11.6 Å². The van der Waals surface area contributed by atoms with Gasteiger partial charge in [0.1, 0.15) is 11.3 Å². The molecular formula is C16H15ClN6O2. The van der Waals surface area contributed by atoms with E-state index in [1.807, 2.05) is 17.4 Å². The first kappa shape index (κ1) is 15.6.